The molecule has 11 rings (SSSR count). The van der Waals surface area contributed by atoms with Crippen LogP contribution in [0.4, 0.5) is 0 Å². The van der Waals surface area contributed by atoms with Crippen LogP contribution in [0.1, 0.15) is 0 Å². The lowest BCUT2D eigenvalue weighted by Gasteiger charge is -2.14. The van der Waals surface area contributed by atoms with Gasteiger partial charge in [0.05, 0.1) is 11.0 Å². The van der Waals surface area contributed by atoms with Crippen molar-refractivity contribution >= 4 is 95.6 Å². The van der Waals surface area contributed by atoms with Crippen molar-refractivity contribution in [3.63, 3.8) is 0 Å². The van der Waals surface area contributed by atoms with Gasteiger partial charge in [0.1, 0.15) is 5.82 Å². The first-order valence-corrected chi connectivity index (χ1v) is 18.2. The molecule has 0 bridgehead atoms. The largest absolute Gasteiger partial charge is 0.292 e. The van der Waals surface area contributed by atoms with Gasteiger partial charge in [-0.3, -0.25) is 4.57 Å². The minimum atomic E-state index is 0.950. The van der Waals surface area contributed by atoms with E-state index in [0.717, 1.165) is 28.1 Å². The van der Waals surface area contributed by atoms with E-state index in [0.29, 0.717) is 0 Å². The Balaban J connectivity index is 1.24. The van der Waals surface area contributed by atoms with Gasteiger partial charge in [-0.15, -0.1) is 22.7 Å². The van der Waals surface area contributed by atoms with Crippen LogP contribution in [-0.2, 0) is 0 Å². The van der Waals surface area contributed by atoms with E-state index >= 15 is 0 Å². The maximum absolute atomic E-state index is 5.56. The van der Waals surface area contributed by atoms with Gasteiger partial charge in [0.15, 0.2) is 0 Å². The predicted octanol–water partition coefficient (Wildman–Crippen LogP) is 13.4. The van der Waals surface area contributed by atoms with Crippen LogP contribution in [0.5, 0.6) is 0 Å². The van der Waals surface area contributed by atoms with Gasteiger partial charge in [0, 0.05) is 62.4 Å². The summed E-state index contributed by atoms with van der Waals surface area (Å²) in [7, 11) is 0. The number of nitrogens with zero attached hydrogens (tertiary/aromatic N) is 2. The van der Waals surface area contributed by atoms with E-state index in [2.05, 4.69) is 162 Å². The highest BCUT2D eigenvalue weighted by Crippen LogP contribution is 2.43. The molecule has 3 heterocycles. The molecule has 0 aliphatic carbocycles. The van der Waals surface area contributed by atoms with Crippen LogP contribution < -0.4 is 0 Å². The van der Waals surface area contributed by atoms with Gasteiger partial charge in [0.2, 0.25) is 0 Å². The summed E-state index contributed by atoms with van der Waals surface area (Å²) in [6, 6.07) is 57.6. The molecule has 4 heteroatoms. The molecule has 0 N–H and O–H groups in total. The molecule has 0 aliphatic heterocycles. The fourth-order valence-electron chi connectivity index (χ4n) is 7.80. The highest BCUT2D eigenvalue weighted by atomic mass is 32.1. The van der Waals surface area contributed by atoms with Crippen molar-refractivity contribution in [2.24, 2.45) is 0 Å². The van der Waals surface area contributed by atoms with Crippen LogP contribution in [0.2, 0.25) is 0 Å². The number of aromatic nitrogens is 2. The molecular weight excluding hydrogens is 633 g/mol. The van der Waals surface area contributed by atoms with Crippen LogP contribution in [0.15, 0.2) is 158 Å². The van der Waals surface area contributed by atoms with Gasteiger partial charge in [-0.05, 0) is 64.4 Å². The van der Waals surface area contributed by atoms with Gasteiger partial charge < -0.3 is 0 Å². The Labute approximate surface area is 289 Å². The van der Waals surface area contributed by atoms with E-state index in [-0.39, 0.29) is 0 Å². The minimum Gasteiger partial charge on any atom is -0.292 e. The molecule has 8 aromatic carbocycles. The fraction of sp³-hybridized carbons (Fsp3) is 0. The normalized spacial score (nSPS) is 12.1. The van der Waals surface area contributed by atoms with Gasteiger partial charge in [0.25, 0.3) is 0 Å². The van der Waals surface area contributed by atoms with Gasteiger partial charge in [-0.25, -0.2) is 4.98 Å². The molecule has 0 radical (unpaired) electrons. The summed E-state index contributed by atoms with van der Waals surface area (Å²) >= 11 is 3.73. The second-order valence-electron chi connectivity index (χ2n) is 12.7. The third kappa shape index (κ3) is 3.96. The Morgan fingerprint density at radius 3 is 1.84 bits per heavy atom. The van der Waals surface area contributed by atoms with Gasteiger partial charge in [-0.1, -0.05) is 115 Å². The molecule has 3 aromatic heterocycles. The first kappa shape index (κ1) is 27.2. The number of fused-ring (bicyclic) bond motifs is 12. The Kier molecular flexibility index (Phi) is 5.74. The molecule has 0 spiro atoms. The van der Waals surface area contributed by atoms with Crippen molar-refractivity contribution in [2.75, 3.05) is 0 Å². The standard InChI is InChI=1S/C45H26N2S2/c1-3-17-35-31(13-1)32-14-2-4-18-36(32)43-42(35)46-45(28-23-24-41-38(26-28)34-16-6-7-21-39(34)48-41)47(43)29-12-9-11-27(25-29)30-19-10-20-37-33-15-5-8-22-40(33)49-44(30)37/h1-26H. The molecule has 0 unspecified atom stereocenters. The Morgan fingerprint density at radius 2 is 1.02 bits per heavy atom. The maximum Gasteiger partial charge on any atom is 0.145 e. The summed E-state index contributed by atoms with van der Waals surface area (Å²) in [6.07, 6.45) is 0. The zero-order valence-electron chi connectivity index (χ0n) is 26.2. The van der Waals surface area contributed by atoms with Crippen molar-refractivity contribution in [3.05, 3.63) is 158 Å². The fourth-order valence-corrected chi connectivity index (χ4v) is 10.1. The zero-order chi connectivity index (χ0) is 32.1. The Hall–Kier alpha value is -5.81. The van der Waals surface area contributed by atoms with Crippen molar-refractivity contribution in [1.29, 1.82) is 0 Å². The van der Waals surface area contributed by atoms with Gasteiger partial charge >= 0.3 is 0 Å². The Bertz CT molecular complexity index is 3120. The molecular formula is C45H26N2S2. The molecule has 49 heavy (non-hydrogen) atoms. The number of benzene rings is 8. The van der Waals surface area contributed by atoms with E-state index in [4.69, 9.17) is 4.98 Å². The monoisotopic (exact) mass is 658 g/mol. The van der Waals surface area contributed by atoms with E-state index in [9.17, 15) is 0 Å². The molecule has 2 nitrogen and oxygen atoms in total. The molecule has 0 fully saturated rings. The first-order chi connectivity index (χ1) is 24.3. The van der Waals surface area contributed by atoms with Crippen LogP contribution in [0.25, 0.3) is 101 Å². The topological polar surface area (TPSA) is 17.8 Å². The lowest BCUT2D eigenvalue weighted by atomic mass is 9.99. The summed E-state index contributed by atoms with van der Waals surface area (Å²) in [4.78, 5) is 5.56. The summed E-state index contributed by atoms with van der Waals surface area (Å²) in [5, 5.41) is 10.0. The van der Waals surface area contributed by atoms with Gasteiger partial charge in [-0.2, -0.15) is 0 Å². The average Bonchev–Trinajstić information content (AvgIpc) is 3.87. The number of rotatable bonds is 3. The number of hydrogen-bond donors (Lipinski definition) is 0. The van der Waals surface area contributed by atoms with Crippen LogP contribution in [-0.4, -0.2) is 9.55 Å². The van der Waals surface area contributed by atoms with E-state index in [1.807, 2.05) is 22.7 Å². The Morgan fingerprint density at radius 1 is 0.408 bits per heavy atom. The third-order valence-electron chi connectivity index (χ3n) is 9.99. The summed E-state index contributed by atoms with van der Waals surface area (Å²) < 4.78 is 7.65. The third-order valence-corrected chi connectivity index (χ3v) is 12.4. The second kappa shape index (κ2) is 10.3. The summed E-state index contributed by atoms with van der Waals surface area (Å²) in [6.45, 7) is 0. The number of hydrogen-bond acceptors (Lipinski definition) is 3. The lowest BCUT2D eigenvalue weighted by molar-refractivity contribution is 1.11. The predicted molar refractivity (Wildman–Crippen MR) is 213 cm³/mol. The summed E-state index contributed by atoms with van der Waals surface area (Å²) in [5.41, 5.74) is 6.83. The first-order valence-electron chi connectivity index (χ1n) is 16.5. The molecule has 0 saturated carbocycles. The molecule has 0 amide bonds. The maximum atomic E-state index is 5.56. The van der Waals surface area contributed by atoms with E-state index < -0.39 is 0 Å². The minimum absolute atomic E-state index is 0.950. The average molecular weight is 659 g/mol. The van der Waals surface area contributed by atoms with Crippen LogP contribution >= 0.6 is 22.7 Å². The van der Waals surface area contributed by atoms with E-state index in [1.165, 1.54) is 73.0 Å². The summed E-state index contributed by atoms with van der Waals surface area (Å²) in [5.74, 6) is 0.950. The van der Waals surface area contributed by atoms with Crippen molar-refractivity contribution < 1.29 is 0 Å². The molecule has 228 valence electrons. The highest BCUT2D eigenvalue weighted by Gasteiger charge is 2.21. The number of imidazole rings is 1. The molecule has 0 saturated heterocycles. The zero-order valence-corrected chi connectivity index (χ0v) is 27.9. The number of thiophene rings is 2. The highest BCUT2D eigenvalue weighted by molar-refractivity contribution is 7.26. The SMILES string of the molecule is c1cc(-c2cccc3c2sc2ccccc23)cc(-n2c(-c3ccc4sc5ccccc5c4c3)nc3c4ccccc4c4ccccc4c32)c1. The second-order valence-corrected chi connectivity index (χ2v) is 14.8. The van der Waals surface area contributed by atoms with E-state index in [1.54, 1.807) is 0 Å². The molecule has 0 atom stereocenters. The lowest BCUT2D eigenvalue weighted by Crippen LogP contribution is -1.99. The van der Waals surface area contributed by atoms with Crippen LogP contribution in [0, 0.1) is 0 Å². The van der Waals surface area contributed by atoms with Crippen molar-refractivity contribution in [3.8, 4) is 28.2 Å². The quantitative estimate of drug-likeness (QED) is 0.173. The molecule has 11 aromatic rings. The van der Waals surface area contributed by atoms with Crippen molar-refractivity contribution in [1.82, 2.24) is 9.55 Å². The van der Waals surface area contributed by atoms with Crippen LogP contribution in [0.3, 0.4) is 0 Å². The molecule has 0 aliphatic rings. The van der Waals surface area contributed by atoms with Crippen molar-refractivity contribution in [2.45, 2.75) is 0 Å². The smallest absolute Gasteiger partial charge is 0.145 e.